The van der Waals surface area contributed by atoms with E-state index < -0.39 is 15.6 Å². The summed E-state index contributed by atoms with van der Waals surface area (Å²) in [5, 5.41) is 2.51. The molecule has 132 valence electrons. The summed E-state index contributed by atoms with van der Waals surface area (Å²) in [7, 11) is -3.98. The van der Waals surface area contributed by atoms with E-state index in [4.69, 9.17) is 13.0 Å². The molecule has 1 aromatic heterocycles. The molecule has 3 rings (SSSR count). The summed E-state index contributed by atoms with van der Waals surface area (Å²) in [6.45, 7) is 3.95. The lowest BCUT2D eigenvalue weighted by Gasteiger charge is -2.08. The number of hydrogen-bond acceptors (Lipinski definition) is 3. The van der Waals surface area contributed by atoms with Crippen molar-refractivity contribution in [1.29, 1.82) is 0 Å². The molecular formula is C17H14F3NO3S. The number of aryl methyl sites for hydroxylation is 1. The summed E-state index contributed by atoms with van der Waals surface area (Å²) in [4.78, 5) is 0. The number of pyridine rings is 1. The van der Waals surface area contributed by atoms with Crippen LogP contribution < -0.4 is 4.57 Å². The number of aromatic nitrogens is 1. The third kappa shape index (κ3) is 3.80. The monoisotopic (exact) mass is 369 g/mol. The Bertz CT molecular complexity index is 987. The van der Waals surface area contributed by atoms with Crippen molar-refractivity contribution >= 4 is 38.0 Å². The van der Waals surface area contributed by atoms with Crippen LogP contribution in [0.15, 0.2) is 55.1 Å². The van der Waals surface area contributed by atoms with E-state index in [2.05, 4.69) is 66.7 Å². The molecule has 0 N–H and O–H groups in total. The summed E-state index contributed by atoms with van der Waals surface area (Å²) in [6.07, 6.45) is 1.95. The zero-order valence-electron chi connectivity index (χ0n) is 13.1. The lowest BCUT2D eigenvalue weighted by molar-refractivity contribution is -0.617. The highest BCUT2D eigenvalue weighted by Crippen LogP contribution is 2.25. The van der Waals surface area contributed by atoms with Gasteiger partial charge in [0.1, 0.15) is 7.05 Å². The minimum Gasteiger partial charge on any atom is -0.741 e. The van der Waals surface area contributed by atoms with Crippen molar-refractivity contribution in [3.63, 3.8) is 0 Å². The van der Waals surface area contributed by atoms with Crippen LogP contribution in [0.2, 0.25) is 0 Å². The highest BCUT2D eigenvalue weighted by atomic mass is 32.2. The van der Waals surface area contributed by atoms with Gasteiger partial charge in [-0.05, 0) is 12.1 Å². The molecular weight excluding hydrogens is 355 g/mol. The fourth-order valence-corrected chi connectivity index (χ4v) is 2.48. The van der Waals surface area contributed by atoms with Crippen molar-refractivity contribution in [2.24, 2.45) is 7.05 Å². The Kier molecular flexibility index (Phi) is 5.15. The molecule has 0 saturated carbocycles. The average Bonchev–Trinajstić information content (AvgIpc) is 2.54. The Balaban J connectivity index is 0.000000242. The third-order valence-corrected chi connectivity index (χ3v) is 4.17. The second kappa shape index (κ2) is 6.81. The molecule has 0 amide bonds. The highest BCUT2D eigenvalue weighted by Gasteiger charge is 2.36. The van der Waals surface area contributed by atoms with Crippen molar-refractivity contribution < 1.29 is 30.7 Å². The molecule has 0 aliphatic rings. The Labute approximate surface area is 142 Å². The normalized spacial score (nSPS) is 11.9. The van der Waals surface area contributed by atoms with E-state index in [0.717, 1.165) is 0 Å². The SMILES string of the molecule is C=Cc1c2ccccc2[n+](C)c2ccccc12.O=S(=O)([O-])C(F)(F)F. The molecule has 0 unspecified atom stereocenters. The van der Waals surface area contributed by atoms with Crippen LogP contribution >= 0.6 is 0 Å². The molecule has 0 aliphatic carbocycles. The summed E-state index contributed by atoms with van der Waals surface area (Å²) in [6, 6.07) is 16.9. The Morgan fingerprint density at radius 3 is 1.68 bits per heavy atom. The maximum absolute atomic E-state index is 10.7. The quantitative estimate of drug-likeness (QED) is 0.285. The molecule has 3 aromatic rings. The number of para-hydroxylation sites is 2. The molecule has 0 fully saturated rings. The maximum Gasteiger partial charge on any atom is 0.485 e. The molecule has 0 spiro atoms. The van der Waals surface area contributed by atoms with Gasteiger partial charge in [-0.3, -0.25) is 0 Å². The Morgan fingerprint density at radius 1 is 1.00 bits per heavy atom. The lowest BCUT2D eigenvalue weighted by Crippen LogP contribution is -2.30. The maximum atomic E-state index is 10.7. The van der Waals surface area contributed by atoms with Gasteiger partial charge < -0.3 is 4.55 Å². The average molecular weight is 369 g/mol. The molecule has 8 heteroatoms. The molecule has 25 heavy (non-hydrogen) atoms. The molecule has 1 heterocycles. The van der Waals surface area contributed by atoms with Crippen LogP contribution in [0.1, 0.15) is 5.56 Å². The standard InChI is InChI=1S/C16H14N.CHF3O3S/c1-3-12-13-8-4-6-10-15(13)17(2)16-11-7-5-9-14(12)16;2-1(3,4)8(5,6)7/h3-11H,1H2,2H3;(H,5,6,7)/q+1;/p-1. The second-order valence-electron chi connectivity index (χ2n) is 5.11. The van der Waals surface area contributed by atoms with Crippen LogP contribution in [0.3, 0.4) is 0 Å². The van der Waals surface area contributed by atoms with Crippen molar-refractivity contribution in [2.45, 2.75) is 5.51 Å². The predicted octanol–water partition coefficient (Wildman–Crippen LogP) is 3.51. The molecule has 0 bridgehead atoms. The van der Waals surface area contributed by atoms with Gasteiger partial charge in [0.05, 0.1) is 10.8 Å². The number of rotatable bonds is 1. The number of nitrogens with zero attached hydrogens (tertiary/aromatic N) is 1. The van der Waals surface area contributed by atoms with Crippen molar-refractivity contribution in [3.8, 4) is 0 Å². The van der Waals surface area contributed by atoms with E-state index >= 15 is 0 Å². The summed E-state index contributed by atoms with van der Waals surface area (Å²) >= 11 is 0. The van der Waals surface area contributed by atoms with Crippen LogP contribution in [-0.2, 0) is 17.2 Å². The van der Waals surface area contributed by atoms with Crippen molar-refractivity contribution in [1.82, 2.24) is 0 Å². The van der Waals surface area contributed by atoms with Gasteiger partial charge >= 0.3 is 5.51 Å². The lowest BCUT2D eigenvalue weighted by atomic mass is 10.0. The van der Waals surface area contributed by atoms with E-state index in [1.54, 1.807) is 0 Å². The molecule has 0 atom stereocenters. The summed E-state index contributed by atoms with van der Waals surface area (Å²) in [5.74, 6) is 0. The van der Waals surface area contributed by atoms with E-state index in [9.17, 15) is 13.2 Å². The zero-order chi connectivity index (χ0) is 18.8. The molecule has 2 aromatic carbocycles. The Hall–Kier alpha value is -2.45. The van der Waals surface area contributed by atoms with Gasteiger partial charge in [0, 0.05) is 17.7 Å². The minimum atomic E-state index is -6.09. The van der Waals surface area contributed by atoms with E-state index in [1.165, 1.54) is 27.4 Å². The van der Waals surface area contributed by atoms with Gasteiger partial charge in [-0.25, -0.2) is 8.42 Å². The highest BCUT2D eigenvalue weighted by molar-refractivity contribution is 7.86. The van der Waals surface area contributed by atoms with Crippen molar-refractivity contribution in [2.75, 3.05) is 0 Å². The molecule has 0 saturated heterocycles. The zero-order valence-corrected chi connectivity index (χ0v) is 13.9. The van der Waals surface area contributed by atoms with Gasteiger partial charge in [-0.15, -0.1) is 0 Å². The first-order valence-corrected chi connectivity index (χ1v) is 8.43. The Morgan fingerprint density at radius 2 is 1.36 bits per heavy atom. The first-order chi connectivity index (χ1) is 11.6. The first-order valence-electron chi connectivity index (χ1n) is 7.02. The molecule has 4 nitrogen and oxygen atoms in total. The summed E-state index contributed by atoms with van der Waals surface area (Å²) in [5.41, 5.74) is -1.95. The van der Waals surface area contributed by atoms with Gasteiger partial charge in [-0.2, -0.15) is 17.7 Å². The number of alkyl halides is 3. The van der Waals surface area contributed by atoms with Gasteiger partial charge in [0.25, 0.3) is 0 Å². The molecule has 0 aliphatic heterocycles. The number of benzene rings is 2. The van der Waals surface area contributed by atoms with Crippen LogP contribution in [-0.4, -0.2) is 18.5 Å². The van der Waals surface area contributed by atoms with Crippen molar-refractivity contribution in [3.05, 3.63) is 60.7 Å². The van der Waals surface area contributed by atoms with Crippen LogP contribution in [0.25, 0.3) is 27.9 Å². The summed E-state index contributed by atoms with van der Waals surface area (Å²) < 4.78 is 61.1. The molecule has 0 radical (unpaired) electrons. The van der Waals surface area contributed by atoms with Gasteiger partial charge in [0.2, 0.25) is 11.0 Å². The van der Waals surface area contributed by atoms with E-state index in [1.807, 2.05) is 6.08 Å². The third-order valence-electron chi connectivity index (χ3n) is 3.60. The first kappa shape index (κ1) is 18.9. The minimum absolute atomic E-state index is 1.22. The fraction of sp³-hybridized carbons (Fsp3) is 0.118. The topological polar surface area (TPSA) is 61.1 Å². The predicted molar refractivity (Wildman–Crippen MR) is 88.5 cm³/mol. The van der Waals surface area contributed by atoms with E-state index in [-0.39, 0.29) is 0 Å². The van der Waals surface area contributed by atoms with Crippen LogP contribution in [0.4, 0.5) is 13.2 Å². The van der Waals surface area contributed by atoms with Gasteiger partial charge in [0.15, 0.2) is 10.1 Å². The number of hydrogen-bond donors (Lipinski definition) is 0. The smallest absolute Gasteiger partial charge is 0.485 e. The fourth-order valence-electron chi connectivity index (χ4n) is 2.48. The largest absolute Gasteiger partial charge is 0.741 e. The van der Waals surface area contributed by atoms with Crippen LogP contribution in [0.5, 0.6) is 0 Å². The number of halogens is 3. The van der Waals surface area contributed by atoms with Crippen LogP contribution in [0, 0.1) is 0 Å². The number of fused-ring (bicyclic) bond motifs is 2. The van der Waals surface area contributed by atoms with Gasteiger partial charge in [-0.1, -0.05) is 36.9 Å². The van der Waals surface area contributed by atoms with E-state index in [0.29, 0.717) is 0 Å². The second-order valence-corrected chi connectivity index (χ2v) is 6.48.